The van der Waals surface area contributed by atoms with Crippen LogP contribution < -0.4 is 5.73 Å². The van der Waals surface area contributed by atoms with Gasteiger partial charge in [0, 0.05) is 30.2 Å². The van der Waals surface area contributed by atoms with Gasteiger partial charge < -0.3 is 10.7 Å². The van der Waals surface area contributed by atoms with Crippen molar-refractivity contribution in [3.8, 4) is 0 Å². The Hall–Kier alpha value is -1.88. The third kappa shape index (κ3) is 1.45. The molecule has 0 bridgehead atoms. The predicted octanol–water partition coefficient (Wildman–Crippen LogP) is 0.427. The maximum absolute atomic E-state index is 11.7. The zero-order valence-corrected chi connectivity index (χ0v) is 7.45. The second-order valence-corrected chi connectivity index (χ2v) is 2.92. The molecule has 5 heteroatoms. The van der Waals surface area contributed by atoms with Crippen molar-refractivity contribution in [2.45, 2.75) is 6.54 Å². The Morgan fingerprint density at radius 3 is 3.00 bits per heavy atom. The van der Waals surface area contributed by atoms with E-state index in [9.17, 15) is 4.79 Å². The number of H-pyrrole nitrogens is 2. The van der Waals surface area contributed by atoms with Gasteiger partial charge in [-0.25, -0.2) is 0 Å². The van der Waals surface area contributed by atoms with Crippen LogP contribution in [0.25, 0.3) is 0 Å². The van der Waals surface area contributed by atoms with Crippen LogP contribution >= 0.6 is 0 Å². The third-order valence-corrected chi connectivity index (χ3v) is 1.97. The molecule has 2 aromatic heterocycles. The molecule has 0 fully saturated rings. The number of carbonyl (C=O) groups excluding carboxylic acids is 1. The highest BCUT2D eigenvalue weighted by atomic mass is 16.1. The Kier molecular flexibility index (Phi) is 2.16. The van der Waals surface area contributed by atoms with Crippen LogP contribution in [0.4, 0.5) is 0 Å². The second kappa shape index (κ2) is 3.47. The maximum atomic E-state index is 11.7. The first kappa shape index (κ1) is 8.71. The summed E-state index contributed by atoms with van der Waals surface area (Å²) in [6, 6.07) is 3.38. The van der Waals surface area contributed by atoms with E-state index in [0.29, 0.717) is 17.8 Å². The van der Waals surface area contributed by atoms with Gasteiger partial charge in [0.15, 0.2) is 0 Å². The smallest absolute Gasteiger partial charge is 0.212 e. The molecule has 2 rings (SSSR count). The molecule has 0 aliphatic carbocycles. The topological polar surface area (TPSA) is 87.6 Å². The van der Waals surface area contributed by atoms with E-state index in [0.717, 1.165) is 5.69 Å². The standard InChI is InChI=1S/C9H10N4O/c10-4-7-3-6(5-11-7)9(14)8-1-2-12-13-8/h1-3,5,11H,4,10H2,(H,12,13). The van der Waals surface area contributed by atoms with Crippen LogP contribution in [0.3, 0.4) is 0 Å². The number of nitrogens with zero attached hydrogens (tertiary/aromatic N) is 1. The minimum absolute atomic E-state index is 0.0848. The molecule has 2 aromatic rings. The average Bonchev–Trinajstić information content (AvgIpc) is 2.88. The van der Waals surface area contributed by atoms with Gasteiger partial charge in [0.05, 0.1) is 0 Å². The lowest BCUT2D eigenvalue weighted by molar-refractivity contribution is 0.103. The molecule has 0 aliphatic rings. The minimum atomic E-state index is -0.0848. The Labute approximate surface area is 80.3 Å². The summed E-state index contributed by atoms with van der Waals surface area (Å²) in [7, 11) is 0. The van der Waals surface area contributed by atoms with Crippen molar-refractivity contribution in [2.75, 3.05) is 0 Å². The van der Waals surface area contributed by atoms with Gasteiger partial charge in [-0.3, -0.25) is 9.89 Å². The van der Waals surface area contributed by atoms with E-state index in [1.165, 1.54) is 0 Å². The molecule has 0 spiro atoms. The molecule has 0 amide bonds. The fourth-order valence-corrected chi connectivity index (χ4v) is 1.23. The highest BCUT2D eigenvalue weighted by Gasteiger charge is 2.11. The van der Waals surface area contributed by atoms with E-state index in [1.54, 1.807) is 24.5 Å². The molecule has 0 aliphatic heterocycles. The van der Waals surface area contributed by atoms with E-state index in [2.05, 4.69) is 15.2 Å². The zero-order valence-electron chi connectivity index (χ0n) is 7.45. The lowest BCUT2D eigenvalue weighted by atomic mass is 10.1. The van der Waals surface area contributed by atoms with Crippen molar-refractivity contribution >= 4 is 5.78 Å². The molecular weight excluding hydrogens is 180 g/mol. The van der Waals surface area contributed by atoms with Crippen molar-refractivity contribution in [1.29, 1.82) is 0 Å². The van der Waals surface area contributed by atoms with Gasteiger partial charge in [0.1, 0.15) is 5.69 Å². The average molecular weight is 190 g/mol. The van der Waals surface area contributed by atoms with E-state index >= 15 is 0 Å². The van der Waals surface area contributed by atoms with Crippen molar-refractivity contribution in [2.24, 2.45) is 5.73 Å². The molecule has 2 heterocycles. The number of ketones is 1. The molecule has 14 heavy (non-hydrogen) atoms. The number of nitrogens with one attached hydrogen (secondary N) is 2. The Balaban J connectivity index is 2.28. The highest BCUT2D eigenvalue weighted by Crippen LogP contribution is 2.08. The Morgan fingerprint density at radius 1 is 1.57 bits per heavy atom. The van der Waals surface area contributed by atoms with Crippen LogP contribution in [-0.2, 0) is 6.54 Å². The second-order valence-electron chi connectivity index (χ2n) is 2.92. The summed E-state index contributed by atoms with van der Waals surface area (Å²) in [5.41, 5.74) is 7.33. The van der Waals surface area contributed by atoms with Gasteiger partial charge in [-0.2, -0.15) is 5.10 Å². The molecule has 5 nitrogen and oxygen atoms in total. The summed E-state index contributed by atoms with van der Waals surface area (Å²) < 4.78 is 0. The Morgan fingerprint density at radius 2 is 2.43 bits per heavy atom. The number of rotatable bonds is 3. The number of carbonyl (C=O) groups is 1. The summed E-state index contributed by atoms with van der Waals surface area (Å²) in [4.78, 5) is 14.6. The summed E-state index contributed by atoms with van der Waals surface area (Å²) in [5.74, 6) is -0.0848. The lowest BCUT2D eigenvalue weighted by Crippen LogP contribution is -2.00. The van der Waals surface area contributed by atoms with Gasteiger partial charge in [-0.1, -0.05) is 0 Å². The first-order valence-electron chi connectivity index (χ1n) is 4.22. The number of hydrogen-bond donors (Lipinski definition) is 3. The molecule has 0 radical (unpaired) electrons. The normalized spacial score (nSPS) is 10.4. The molecule has 0 atom stereocenters. The molecular formula is C9H10N4O. The highest BCUT2D eigenvalue weighted by molar-refractivity contribution is 6.07. The summed E-state index contributed by atoms with van der Waals surface area (Å²) in [5, 5.41) is 6.33. The molecule has 72 valence electrons. The van der Waals surface area contributed by atoms with Gasteiger partial charge in [-0.15, -0.1) is 0 Å². The molecule has 0 unspecified atom stereocenters. The van der Waals surface area contributed by atoms with Crippen molar-refractivity contribution in [3.05, 3.63) is 41.5 Å². The molecule has 0 saturated carbocycles. The van der Waals surface area contributed by atoms with Crippen LogP contribution in [0.15, 0.2) is 24.5 Å². The van der Waals surface area contributed by atoms with Crippen LogP contribution in [-0.4, -0.2) is 21.0 Å². The summed E-state index contributed by atoms with van der Waals surface area (Å²) in [6.45, 7) is 0.399. The first-order valence-corrected chi connectivity index (χ1v) is 4.22. The van der Waals surface area contributed by atoms with Gasteiger partial charge >= 0.3 is 0 Å². The quantitative estimate of drug-likeness (QED) is 0.613. The van der Waals surface area contributed by atoms with Crippen LogP contribution in [0.2, 0.25) is 0 Å². The largest absolute Gasteiger partial charge is 0.363 e. The molecule has 0 saturated heterocycles. The van der Waals surface area contributed by atoms with Gasteiger partial charge in [0.25, 0.3) is 0 Å². The van der Waals surface area contributed by atoms with Crippen molar-refractivity contribution in [3.63, 3.8) is 0 Å². The lowest BCUT2D eigenvalue weighted by Gasteiger charge is -1.91. The SMILES string of the molecule is NCc1cc(C(=O)c2ccn[nH]2)c[nH]1. The number of aromatic nitrogens is 3. The van der Waals surface area contributed by atoms with Crippen molar-refractivity contribution in [1.82, 2.24) is 15.2 Å². The van der Waals surface area contributed by atoms with E-state index < -0.39 is 0 Å². The summed E-state index contributed by atoms with van der Waals surface area (Å²) >= 11 is 0. The van der Waals surface area contributed by atoms with E-state index in [1.807, 2.05) is 0 Å². The zero-order chi connectivity index (χ0) is 9.97. The molecule has 4 N–H and O–H groups in total. The minimum Gasteiger partial charge on any atom is -0.363 e. The summed E-state index contributed by atoms with van der Waals surface area (Å²) in [6.07, 6.45) is 3.19. The van der Waals surface area contributed by atoms with E-state index in [4.69, 9.17) is 5.73 Å². The maximum Gasteiger partial charge on any atom is 0.212 e. The fraction of sp³-hybridized carbons (Fsp3) is 0.111. The fourth-order valence-electron chi connectivity index (χ4n) is 1.23. The third-order valence-electron chi connectivity index (χ3n) is 1.97. The number of nitrogens with two attached hydrogens (primary N) is 1. The Bertz CT molecular complexity index is 429. The monoisotopic (exact) mass is 190 g/mol. The van der Waals surface area contributed by atoms with Crippen LogP contribution in [0.1, 0.15) is 21.7 Å². The van der Waals surface area contributed by atoms with Crippen molar-refractivity contribution < 1.29 is 4.79 Å². The predicted molar refractivity (Wildman–Crippen MR) is 50.7 cm³/mol. The van der Waals surface area contributed by atoms with Gasteiger partial charge in [0.2, 0.25) is 5.78 Å². The van der Waals surface area contributed by atoms with E-state index in [-0.39, 0.29) is 5.78 Å². The first-order chi connectivity index (χ1) is 6.81. The van der Waals surface area contributed by atoms with Crippen LogP contribution in [0, 0.1) is 0 Å². The number of aromatic amines is 2. The van der Waals surface area contributed by atoms with Crippen LogP contribution in [0.5, 0.6) is 0 Å². The molecule has 0 aromatic carbocycles. The number of hydrogen-bond acceptors (Lipinski definition) is 3. The van der Waals surface area contributed by atoms with Gasteiger partial charge in [-0.05, 0) is 12.1 Å².